The molecule has 1 aliphatic carbocycles. The van der Waals surface area contributed by atoms with Gasteiger partial charge in [-0.3, -0.25) is 14.4 Å². The number of benzene rings is 1. The molecule has 0 unspecified atom stereocenters. The smallest absolute Gasteiger partial charge is 0.229 e. The van der Waals surface area contributed by atoms with Gasteiger partial charge in [0.2, 0.25) is 5.91 Å². The van der Waals surface area contributed by atoms with E-state index in [1.165, 1.54) is 11.1 Å². The molecule has 1 aromatic carbocycles. The molecule has 3 fully saturated rings. The summed E-state index contributed by atoms with van der Waals surface area (Å²) >= 11 is 0. The number of likely N-dealkylation sites (tertiary alicyclic amines) is 1. The number of anilines is 1. The Bertz CT molecular complexity index is 1330. The number of ether oxygens (including phenoxy) is 1. The summed E-state index contributed by atoms with van der Waals surface area (Å²) in [5, 5.41) is 9.47. The van der Waals surface area contributed by atoms with Gasteiger partial charge in [0.1, 0.15) is 12.0 Å². The van der Waals surface area contributed by atoms with E-state index in [1.807, 2.05) is 38.6 Å². The van der Waals surface area contributed by atoms with Crippen molar-refractivity contribution in [3.63, 3.8) is 0 Å². The van der Waals surface area contributed by atoms with Gasteiger partial charge in [-0.05, 0) is 85.8 Å². The zero-order valence-electron chi connectivity index (χ0n) is 22.1. The SMILES string of the molecule is Cc1cc2cnc(NC(=O)[C@@H]3[C@@H](C)[C@H]3c3cnn(C)c3)cc2cc1C1CCN([C@]2(C)COC[C@@H]2F)CC1. The zero-order chi connectivity index (χ0) is 25.9. The summed E-state index contributed by atoms with van der Waals surface area (Å²) in [5.41, 5.74) is 3.21. The molecule has 37 heavy (non-hydrogen) atoms. The van der Waals surface area contributed by atoms with Crippen molar-refractivity contribution in [3.8, 4) is 0 Å². The molecule has 2 saturated heterocycles. The number of piperidine rings is 1. The normalized spacial score (nSPS) is 30.6. The van der Waals surface area contributed by atoms with Gasteiger partial charge in [0, 0.05) is 36.7 Å². The first-order valence-electron chi connectivity index (χ1n) is 13.4. The van der Waals surface area contributed by atoms with E-state index >= 15 is 0 Å². The van der Waals surface area contributed by atoms with Crippen LogP contribution in [-0.2, 0) is 16.6 Å². The molecular weight excluding hydrogens is 469 g/mol. The first-order valence-corrected chi connectivity index (χ1v) is 13.4. The highest BCUT2D eigenvalue weighted by Gasteiger charge is 2.53. The second-order valence-corrected chi connectivity index (χ2v) is 11.6. The maximum atomic E-state index is 14.5. The number of fused-ring (bicyclic) bond motifs is 1. The van der Waals surface area contributed by atoms with Crippen LogP contribution in [0.2, 0.25) is 0 Å². The molecule has 3 aromatic rings. The monoisotopic (exact) mass is 505 g/mol. The third kappa shape index (κ3) is 4.34. The Balaban J connectivity index is 1.16. The molecule has 2 aromatic heterocycles. The number of amides is 1. The quantitative estimate of drug-likeness (QED) is 0.550. The number of carbonyl (C=O) groups excluding carboxylic acids is 1. The predicted molar refractivity (Wildman–Crippen MR) is 141 cm³/mol. The van der Waals surface area contributed by atoms with Gasteiger partial charge in [-0.2, -0.15) is 5.10 Å². The van der Waals surface area contributed by atoms with Crippen LogP contribution in [0.5, 0.6) is 0 Å². The fraction of sp³-hybridized carbons (Fsp3) is 0.552. The van der Waals surface area contributed by atoms with Crippen LogP contribution < -0.4 is 5.32 Å². The highest BCUT2D eigenvalue weighted by molar-refractivity contribution is 5.96. The number of alkyl halides is 1. The van der Waals surface area contributed by atoms with Crippen LogP contribution in [0.4, 0.5) is 10.2 Å². The third-order valence-corrected chi connectivity index (χ3v) is 9.14. The van der Waals surface area contributed by atoms with E-state index in [-0.39, 0.29) is 30.3 Å². The summed E-state index contributed by atoms with van der Waals surface area (Å²) in [6, 6.07) is 6.45. The number of carbonyl (C=O) groups is 1. The second kappa shape index (κ2) is 9.17. The summed E-state index contributed by atoms with van der Waals surface area (Å²) in [7, 11) is 1.90. The van der Waals surface area contributed by atoms with E-state index in [2.05, 4.69) is 46.3 Å². The molecule has 8 heteroatoms. The molecule has 196 valence electrons. The molecular formula is C29H36FN5O2. The lowest BCUT2D eigenvalue weighted by Crippen LogP contribution is -2.55. The van der Waals surface area contributed by atoms with Crippen LogP contribution in [-0.4, -0.2) is 63.6 Å². The van der Waals surface area contributed by atoms with Crippen LogP contribution >= 0.6 is 0 Å². The van der Waals surface area contributed by atoms with Gasteiger partial charge in [-0.25, -0.2) is 9.37 Å². The molecule has 1 saturated carbocycles. The van der Waals surface area contributed by atoms with E-state index in [4.69, 9.17) is 4.74 Å². The van der Waals surface area contributed by atoms with Crippen molar-refractivity contribution in [1.29, 1.82) is 0 Å². The molecule has 1 amide bonds. The first-order chi connectivity index (χ1) is 17.7. The minimum absolute atomic E-state index is 0.0171. The average Bonchev–Trinajstić information content (AvgIpc) is 3.15. The predicted octanol–water partition coefficient (Wildman–Crippen LogP) is 4.57. The maximum absolute atomic E-state index is 14.5. The van der Waals surface area contributed by atoms with E-state index in [0.717, 1.165) is 42.3 Å². The van der Waals surface area contributed by atoms with Crippen molar-refractivity contribution >= 4 is 22.5 Å². The number of nitrogens with one attached hydrogen (secondary N) is 1. The van der Waals surface area contributed by atoms with Crippen LogP contribution in [0, 0.1) is 18.8 Å². The van der Waals surface area contributed by atoms with Crippen LogP contribution in [0.25, 0.3) is 10.8 Å². The first kappa shape index (κ1) is 24.5. The van der Waals surface area contributed by atoms with Crippen LogP contribution in [0.3, 0.4) is 0 Å². The molecule has 0 bridgehead atoms. The fourth-order valence-electron chi connectivity index (χ4n) is 6.66. The number of nitrogens with zero attached hydrogens (tertiary/aromatic N) is 4. The van der Waals surface area contributed by atoms with Gasteiger partial charge in [0.15, 0.2) is 0 Å². The van der Waals surface area contributed by atoms with Crippen molar-refractivity contribution < 1.29 is 13.9 Å². The summed E-state index contributed by atoms with van der Waals surface area (Å²) in [5.74, 6) is 1.48. The average molecular weight is 506 g/mol. The third-order valence-electron chi connectivity index (χ3n) is 9.14. The number of hydrogen-bond acceptors (Lipinski definition) is 5. The minimum atomic E-state index is -0.925. The second-order valence-electron chi connectivity index (χ2n) is 11.6. The van der Waals surface area contributed by atoms with E-state index in [9.17, 15) is 9.18 Å². The zero-order valence-corrected chi connectivity index (χ0v) is 22.1. The number of halogens is 1. The number of pyridine rings is 1. The van der Waals surface area contributed by atoms with E-state index in [1.54, 1.807) is 4.68 Å². The number of rotatable bonds is 5. The fourth-order valence-corrected chi connectivity index (χ4v) is 6.66. The standard InChI is InChI=1S/C29H36FN5O2/c1-17-9-21-12-31-25(33-28(36)27-18(2)26(27)22-13-32-34(4)14-22)11-20(21)10-23(17)19-5-7-35(8-6-19)29(3)16-37-15-24(29)30/h9-14,18-19,24,26-27H,5-8,15-16H2,1-4H3,(H,31,33,36)/t18-,24-,26-,27+,29+/m0/s1. The molecule has 5 atom stereocenters. The van der Waals surface area contributed by atoms with E-state index < -0.39 is 11.7 Å². The van der Waals surface area contributed by atoms with Gasteiger partial charge in [-0.1, -0.05) is 13.0 Å². The van der Waals surface area contributed by atoms with Crippen molar-refractivity contribution in [2.75, 3.05) is 31.6 Å². The lowest BCUT2D eigenvalue weighted by atomic mass is 9.83. The Kier molecular flexibility index (Phi) is 6.07. The van der Waals surface area contributed by atoms with Gasteiger partial charge in [0.05, 0.1) is 24.9 Å². The Labute approximate surface area is 217 Å². The lowest BCUT2D eigenvalue weighted by Gasteiger charge is -2.43. The number of aromatic nitrogens is 3. The highest BCUT2D eigenvalue weighted by atomic mass is 19.1. The van der Waals surface area contributed by atoms with Crippen molar-refractivity contribution in [2.24, 2.45) is 18.9 Å². The maximum Gasteiger partial charge on any atom is 0.229 e. The topological polar surface area (TPSA) is 72.3 Å². The molecule has 2 aliphatic heterocycles. The molecule has 1 N–H and O–H groups in total. The van der Waals surface area contributed by atoms with Crippen molar-refractivity contribution in [3.05, 3.63) is 53.5 Å². The van der Waals surface area contributed by atoms with Gasteiger partial charge in [0.25, 0.3) is 0 Å². The molecule has 3 aliphatic rings. The summed E-state index contributed by atoms with van der Waals surface area (Å²) in [4.78, 5) is 19.9. The van der Waals surface area contributed by atoms with Gasteiger partial charge < -0.3 is 10.1 Å². The Morgan fingerprint density at radius 2 is 1.97 bits per heavy atom. The summed E-state index contributed by atoms with van der Waals surface area (Å²) < 4.78 is 21.7. The Morgan fingerprint density at radius 3 is 2.65 bits per heavy atom. The molecule has 4 heterocycles. The molecule has 7 nitrogen and oxygen atoms in total. The minimum Gasteiger partial charge on any atom is -0.376 e. The molecule has 0 radical (unpaired) electrons. The van der Waals surface area contributed by atoms with Crippen LogP contribution in [0.15, 0.2) is 36.8 Å². The van der Waals surface area contributed by atoms with Gasteiger partial charge >= 0.3 is 0 Å². The van der Waals surface area contributed by atoms with E-state index in [0.29, 0.717) is 18.3 Å². The summed E-state index contributed by atoms with van der Waals surface area (Å²) in [6.07, 6.45) is 6.77. The van der Waals surface area contributed by atoms with Crippen molar-refractivity contribution in [1.82, 2.24) is 19.7 Å². The molecule has 0 spiro atoms. The van der Waals surface area contributed by atoms with Crippen LogP contribution in [0.1, 0.15) is 55.2 Å². The summed E-state index contributed by atoms with van der Waals surface area (Å²) in [6.45, 7) is 8.69. The molecule has 6 rings (SSSR count). The van der Waals surface area contributed by atoms with Crippen molar-refractivity contribution in [2.45, 2.75) is 57.2 Å². The Morgan fingerprint density at radius 1 is 1.19 bits per heavy atom. The highest BCUT2D eigenvalue weighted by Crippen LogP contribution is 2.54. The lowest BCUT2D eigenvalue weighted by molar-refractivity contribution is -0.117. The van der Waals surface area contributed by atoms with Gasteiger partial charge in [-0.15, -0.1) is 0 Å². The number of aryl methyl sites for hydroxylation is 2. The number of hydrogen-bond donors (Lipinski definition) is 1. The Hall–Kier alpha value is -2.84. The largest absolute Gasteiger partial charge is 0.376 e.